The van der Waals surface area contributed by atoms with Crippen LogP contribution < -0.4 is 0 Å². The molecule has 0 saturated carbocycles. The second kappa shape index (κ2) is 5.37. The molecule has 1 heterocycles. The molecule has 0 spiro atoms. The zero-order valence-corrected chi connectivity index (χ0v) is 11.3. The number of Topliss-reactive ketones (excluding diaryl/α,β-unsaturated/α-hetero) is 1. The van der Waals surface area contributed by atoms with E-state index in [0.29, 0.717) is 6.42 Å². The summed E-state index contributed by atoms with van der Waals surface area (Å²) >= 11 is 1.72. The van der Waals surface area contributed by atoms with Crippen LogP contribution in [0.5, 0.6) is 0 Å². The van der Waals surface area contributed by atoms with Crippen molar-refractivity contribution in [1.82, 2.24) is 0 Å². The minimum Gasteiger partial charge on any atom is -0.294 e. The van der Waals surface area contributed by atoms with Gasteiger partial charge in [-0.3, -0.25) is 4.79 Å². The van der Waals surface area contributed by atoms with Gasteiger partial charge < -0.3 is 0 Å². The number of benzene rings is 1. The van der Waals surface area contributed by atoms with Crippen LogP contribution in [0.4, 0.5) is 0 Å². The lowest BCUT2D eigenvalue weighted by Gasteiger charge is -2.08. The third-order valence-corrected chi connectivity index (χ3v) is 4.12. The van der Waals surface area contributed by atoms with Gasteiger partial charge in [0, 0.05) is 16.9 Å². The third kappa shape index (κ3) is 2.59. The molecule has 0 N–H and O–H groups in total. The van der Waals surface area contributed by atoms with Crippen molar-refractivity contribution < 1.29 is 4.79 Å². The average Bonchev–Trinajstić information content (AvgIpc) is 2.96. The van der Waals surface area contributed by atoms with Crippen molar-refractivity contribution in [3.05, 3.63) is 65.1 Å². The predicted molar refractivity (Wildman–Crippen MR) is 81.1 cm³/mol. The molecule has 0 aliphatic heterocycles. The zero-order chi connectivity index (χ0) is 13.1. The summed E-state index contributed by atoms with van der Waals surface area (Å²) in [5.74, 6) is 0.239. The lowest BCUT2D eigenvalue weighted by molar-refractivity contribution is -0.115. The molecule has 0 fully saturated rings. The van der Waals surface area contributed by atoms with E-state index in [-0.39, 0.29) is 5.78 Å². The Hall–Kier alpha value is -1.93. The highest BCUT2D eigenvalue weighted by Crippen LogP contribution is 2.30. The molecule has 0 atom stereocenters. The van der Waals surface area contributed by atoms with Crippen LogP contribution in [-0.2, 0) is 4.79 Å². The maximum Gasteiger partial charge on any atom is 0.163 e. The van der Waals surface area contributed by atoms with Gasteiger partial charge in [-0.1, -0.05) is 42.5 Å². The number of carbonyl (C=O) groups excluding carboxylic acids is 1. The lowest BCUT2D eigenvalue weighted by atomic mass is 9.96. The van der Waals surface area contributed by atoms with Crippen molar-refractivity contribution in [3.8, 4) is 10.4 Å². The molecule has 0 unspecified atom stereocenters. The number of hydrogen-bond donors (Lipinski definition) is 0. The van der Waals surface area contributed by atoms with Crippen LogP contribution in [0.3, 0.4) is 0 Å². The van der Waals surface area contributed by atoms with E-state index in [1.807, 2.05) is 24.3 Å². The van der Waals surface area contributed by atoms with Crippen LogP contribution in [0.1, 0.15) is 18.4 Å². The Bertz CT molecular complexity index is 648. The molecule has 1 nitrogen and oxygen atoms in total. The lowest BCUT2D eigenvalue weighted by Crippen LogP contribution is -2.03. The van der Waals surface area contributed by atoms with Crippen molar-refractivity contribution in [2.45, 2.75) is 12.8 Å². The molecule has 1 aliphatic carbocycles. The first kappa shape index (κ1) is 12.1. The monoisotopic (exact) mass is 266 g/mol. The van der Waals surface area contributed by atoms with E-state index in [1.165, 1.54) is 10.4 Å². The van der Waals surface area contributed by atoms with E-state index < -0.39 is 0 Å². The van der Waals surface area contributed by atoms with Crippen LogP contribution in [0, 0.1) is 0 Å². The van der Waals surface area contributed by atoms with E-state index in [4.69, 9.17) is 0 Å². The molecule has 94 valence electrons. The number of rotatable bonds is 2. The van der Waals surface area contributed by atoms with Gasteiger partial charge in [0.1, 0.15) is 0 Å². The summed E-state index contributed by atoms with van der Waals surface area (Å²) in [6, 6.07) is 12.4. The third-order valence-electron chi connectivity index (χ3n) is 3.22. The summed E-state index contributed by atoms with van der Waals surface area (Å²) in [6.45, 7) is 0. The number of allylic oxidation sites excluding steroid dienone is 3. The van der Waals surface area contributed by atoms with Crippen molar-refractivity contribution in [1.29, 1.82) is 0 Å². The van der Waals surface area contributed by atoms with Crippen molar-refractivity contribution in [2.24, 2.45) is 0 Å². The predicted octanol–water partition coefficient (Wildman–Crippen LogP) is 4.72. The topological polar surface area (TPSA) is 17.1 Å². The summed E-state index contributed by atoms with van der Waals surface area (Å²) in [4.78, 5) is 13.1. The number of hydrogen-bond acceptors (Lipinski definition) is 2. The summed E-state index contributed by atoms with van der Waals surface area (Å²) in [5.41, 5.74) is 3.12. The zero-order valence-electron chi connectivity index (χ0n) is 10.5. The molecule has 1 aromatic carbocycles. The average molecular weight is 266 g/mol. The van der Waals surface area contributed by atoms with Crippen molar-refractivity contribution in [3.63, 3.8) is 0 Å². The molecular formula is C17H14OS. The number of carbonyl (C=O) groups is 1. The first-order valence-electron chi connectivity index (χ1n) is 6.39. The first-order chi connectivity index (χ1) is 9.34. The van der Waals surface area contributed by atoms with Gasteiger partial charge >= 0.3 is 0 Å². The summed E-state index contributed by atoms with van der Waals surface area (Å²) < 4.78 is 0. The Balaban J connectivity index is 2.06. The fourth-order valence-corrected chi connectivity index (χ4v) is 3.01. The molecule has 0 bridgehead atoms. The van der Waals surface area contributed by atoms with Crippen LogP contribution in [-0.4, -0.2) is 5.78 Å². The summed E-state index contributed by atoms with van der Waals surface area (Å²) in [7, 11) is 0. The fourth-order valence-electron chi connectivity index (χ4n) is 2.24. The number of ketones is 1. The van der Waals surface area contributed by atoms with Gasteiger partial charge in [0.25, 0.3) is 0 Å². The SMILES string of the molecule is O=C1CCC=C/C1=C\c1ccccc1-c1cccs1. The fraction of sp³-hybridized carbons (Fsp3) is 0.118. The Kier molecular flexibility index (Phi) is 3.43. The van der Waals surface area contributed by atoms with E-state index in [9.17, 15) is 4.79 Å². The molecule has 1 aromatic heterocycles. The van der Waals surface area contributed by atoms with Crippen LogP contribution in [0.2, 0.25) is 0 Å². The van der Waals surface area contributed by atoms with E-state index in [2.05, 4.69) is 35.7 Å². The standard InChI is InChI=1S/C17H14OS/c18-16-9-4-2-7-14(16)12-13-6-1-3-8-15(13)17-10-5-11-19-17/h1-3,5-8,10-12H,4,9H2/b14-12+. The molecule has 1 aliphatic rings. The van der Waals surface area contributed by atoms with Crippen LogP contribution >= 0.6 is 11.3 Å². The second-order valence-corrected chi connectivity index (χ2v) is 5.48. The van der Waals surface area contributed by atoms with Gasteiger partial charge in [0.2, 0.25) is 0 Å². The highest BCUT2D eigenvalue weighted by atomic mass is 32.1. The smallest absolute Gasteiger partial charge is 0.163 e. The maximum atomic E-state index is 11.9. The van der Waals surface area contributed by atoms with E-state index >= 15 is 0 Å². The largest absolute Gasteiger partial charge is 0.294 e. The molecular weight excluding hydrogens is 252 g/mol. The van der Waals surface area contributed by atoms with Crippen LogP contribution in [0.15, 0.2) is 59.5 Å². The van der Waals surface area contributed by atoms with E-state index in [0.717, 1.165) is 17.6 Å². The molecule has 2 aromatic rings. The maximum absolute atomic E-state index is 11.9. The molecule has 0 radical (unpaired) electrons. The van der Waals surface area contributed by atoms with Crippen molar-refractivity contribution in [2.75, 3.05) is 0 Å². The summed E-state index contributed by atoms with van der Waals surface area (Å²) in [5, 5.41) is 2.07. The minimum absolute atomic E-state index is 0.239. The molecule has 2 heteroatoms. The molecule has 3 rings (SSSR count). The van der Waals surface area contributed by atoms with Gasteiger partial charge in [-0.15, -0.1) is 11.3 Å². The number of thiophene rings is 1. The van der Waals surface area contributed by atoms with Gasteiger partial charge in [0.05, 0.1) is 0 Å². The highest BCUT2D eigenvalue weighted by Gasteiger charge is 2.11. The summed E-state index contributed by atoms with van der Waals surface area (Å²) in [6.07, 6.45) is 7.51. The normalized spacial score (nSPS) is 17.1. The van der Waals surface area contributed by atoms with Gasteiger partial charge in [0.15, 0.2) is 5.78 Å². The van der Waals surface area contributed by atoms with Crippen LogP contribution in [0.25, 0.3) is 16.5 Å². The van der Waals surface area contributed by atoms with Gasteiger partial charge in [-0.05, 0) is 35.1 Å². The minimum atomic E-state index is 0.239. The molecule has 19 heavy (non-hydrogen) atoms. The Morgan fingerprint density at radius 1 is 1.11 bits per heavy atom. The molecule has 0 amide bonds. The molecule has 0 saturated heterocycles. The Morgan fingerprint density at radius 3 is 2.79 bits per heavy atom. The van der Waals surface area contributed by atoms with Crippen molar-refractivity contribution >= 4 is 23.2 Å². The Morgan fingerprint density at radius 2 is 2.00 bits per heavy atom. The van der Waals surface area contributed by atoms with Gasteiger partial charge in [-0.25, -0.2) is 0 Å². The quantitative estimate of drug-likeness (QED) is 0.719. The Labute approximate surface area is 116 Å². The van der Waals surface area contributed by atoms with E-state index in [1.54, 1.807) is 11.3 Å². The van der Waals surface area contributed by atoms with Gasteiger partial charge in [-0.2, -0.15) is 0 Å². The second-order valence-electron chi connectivity index (χ2n) is 4.53. The highest BCUT2D eigenvalue weighted by molar-refractivity contribution is 7.13. The first-order valence-corrected chi connectivity index (χ1v) is 7.27.